The predicted molar refractivity (Wildman–Crippen MR) is 101 cm³/mol. The monoisotopic (exact) mass is 356 g/mol. The molecule has 140 valence electrons. The summed E-state index contributed by atoms with van der Waals surface area (Å²) < 4.78 is 5.59. The molecule has 0 atom stereocenters. The number of benzene rings is 1. The van der Waals surface area contributed by atoms with Crippen LogP contribution in [0.2, 0.25) is 0 Å². The second-order valence-corrected chi connectivity index (χ2v) is 7.53. The Morgan fingerprint density at radius 2 is 1.96 bits per heavy atom. The molecule has 1 heterocycles. The SMILES string of the molecule is C=C(C)COc1cccc(C(=O)NCC2CCN(C(=O)C3CC3)CC2)c1. The zero-order chi connectivity index (χ0) is 18.5. The first-order chi connectivity index (χ1) is 12.5. The van der Waals surface area contributed by atoms with Gasteiger partial charge in [-0.3, -0.25) is 9.59 Å². The summed E-state index contributed by atoms with van der Waals surface area (Å²) in [6, 6.07) is 7.21. The van der Waals surface area contributed by atoms with Crippen molar-refractivity contribution in [3.05, 3.63) is 42.0 Å². The zero-order valence-electron chi connectivity index (χ0n) is 15.5. The number of rotatable bonds is 7. The molecule has 0 radical (unpaired) electrons. The molecule has 2 amide bonds. The van der Waals surface area contributed by atoms with Crippen molar-refractivity contribution < 1.29 is 14.3 Å². The molecule has 1 aliphatic heterocycles. The third-order valence-corrected chi connectivity index (χ3v) is 4.99. The quantitative estimate of drug-likeness (QED) is 0.764. The van der Waals surface area contributed by atoms with Crippen molar-refractivity contribution >= 4 is 11.8 Å². The first-order valence-electron chi connectivity index (χ1n) is 9.47. The maximum absolute atomic E-state index is 12.4. The molecule has 2 aliphatic rings. The van der Waals surface area contributed by atoms with Crippen LogP contribution < -0.4 is 10.1 Å². The Bertz CT molecular complexity index is 674. The highest BCUT2D eigenvalue weighted by atomic mass is 16.5. The van der Waals surface area contributed by atoms with Crippen LogP contribution in [0.4, 0.5) is 0 Å². The molecule has 1 aromatic rings. The van der Waals surface area contributed by atoms with Crippen molar-refractivity contribution in [3.63, 3.8) is 0 Å². The highest BCUT2D eigenvalue weighted by Crippen LogP contribution is 2.32. The van der Waals surface area contributed by atoms with Gasteiger partial charge in [0.05, 0.1) is 0 Å². The fourth-order valence-electron chi connectivity index (χ4n) is 3.22. The van der Waals surface area contributed by atoms with Crippen LogP contribution in [0.1, 0.15) is 43.0 Å². The first-order valence-corrected chi connectivity index (χ1v) is 9.47. The summed E-state index contributed by atoms with van der Waals surface area (Å²) in [5, 5.41) is 3.02. The molecular weight excluding hydrogens is 328 g/mol. The number of hydrogen-bond acceptors (Lipinski definition) is 3. The van der Waals surface area contributed by atoms with Gasteiger partial charge in [-0.2, -0.15) is 0 Å². The Morgan fingerprint density at radius 1 is 1.23 bits per heavy atom. The van der Waals surface area contributed by atoms with Gasteiger partial charge in [0.25, 0.3) is 5.91 Å². The molecule has 1 N–H and O–H groups in total. The summed E-state index contributed by atoms with van der Waals surface area (Å²) in [6.07, 6.45) is 4.04. The number of hydrogen-bond donors (Lipinski definition) is 1. The average Bonchev–Trinajstić information content (AvgIpc) is 3.50. The summed E-state index contributed by atoms with van der Waals surface area (Å²) in [7, 11) is 0. The number of piperidine rings is 1. The highest BCUT2D eigenvalue weighted by Gasteiger charge is 2.34. The summed E-state index contributed by atoms with van der Waals surface area (Å²) in [5.41, 5.74) is 1.54. The molecule has 1 aromatic carbocycles. The van der Waals surface area contributed by atoms with Crippen molar-refractivity contribution in [2.24, 2.45) is 11.8 Å². The number of carbonyl (C=O) groups excluding carboxylic acids is 2. The minimum atomic E-state index is -0.0812. The Hall–Kier alpha value is -2.30. The van der Waals surface area contributed by atoms with Crippen molar-refractivity contribution in [3.8, 4) is 5.75 Å². The van der Waals surface area contributed by atoms with Gasteiger partial charge in [-0.05, 0) is 62.3 Å². The van der Waals surface area contributed by atoms with Gasteiger partial charge < -0.3 is 15.0 Å². The number of nitrogens with one attached hydrogen (secondary N) is 1. The number of nitrogens with zero attached hydrogens (tertiary/aromatic N) is 1. The largest absolute Gasteiger partial charge is 0.489 e. The van der Waals surface area contributed by atoms with Gasteiger partial charge in [-0.25, -0.2) is 0 Å². The Balaban J connectivity index is 1.43. The molecule has 1 aliphatic carbocycles. The number of carbonyl (C=O) groups is 2. The Kier molecular flexibility index (Phi) is 5.96. The summed E-state index contributed by atoms with van der Waals surface area (Å²) in [6.45, 7) is 8.45. The van der Waals surface area contributed by atoms with Gasteiger partial charge in [-0.15, -0.1) is 0 Å². The maximum atomic E-state index is 12.4. The fraction of sp³-hybridized carbons (Fsp3) is 0.524. The van der Waals surface area contributed by atoms with E-state index in [1.807, 2.05) is 24.0 Å². The minimum Gasteiger partial charge on any atom is -0.489 e. The second kappa shape index (κ2) is 8.39. The van der Waals surface area contributed by atoms with Crippen LogP contribution in [0.5, 0.6) is 5.75 Å². The molecule has 0 aromatic heterocycles. The van der Waals surface area contributed by atoms with Crippen LogP contribution in [0.3, 0.4) is 0 Å². The van der Waals surface area contributed by atoms with E-state index in [9.17, 15) is 9.59 Å². The van der Waals surface area contributed by atoms with Gasteiger partial charge in [0.2, 0.25) is 5.91 Å². The molecule has 1 saturated carbocycles. The molecule has 5 heteroatoms. The van der Waals surface area contributed by atoms with Crippen LogP contribution in [0.15, 0.2) is 36.4 Å². The smallest absolute Gasteiger partial charge is 0.251 e. The van der Waals surface area contributed by atoms with Crippen molar-refractivity contribution in [1.29, 1.82) is 0 Å². The molecule has 0 spiro atoms. The van der Waals surface area contributed by atoms with E-state index in [0.717, 1.165) is 44.3 Å². The van der Waals surface area contributed by atoms with E-state index in [1.54, 1.807) is 12.1 Å². The van der Waals surface area contributed by atoms with Gasteiger partial charge >= 0.3 is 0 Å². The lowest BCUT2D eigenvalue weighted by molar-refractivity contribution is -0.133. The van der Waals surface area contributed by atoms with Gasteiger partial charge in [0.15, 0.2) is 0 Å². The van der Waals surface area contributed by atoms with Crippen LogP contribution in [-0.2, 0) is 4.79 Å². The number of amides is 2. The van der Waals surface area contributed by atoms with Crippen LogP contribution >= 0.6 is 0 Å². The van der Waals surface area contributed by atoms with Crippen LogP contribution in [0, 0.1) is 11.8 Å². The molecule has 0 unspecified atom stereocenters. The van der Waals surface area contributed by atoms with Gasteiger partial charge in [0, 0.05) is 31.1 Å². The molecule has 0 bridgehead atoms. The molecule has 26 heavy (non-hydrogen) atoms. The first kappa shape index (κ1) is 18.5. The molecule has 3 rings (SSSR count). The fourth-order valence-corrected chi connectivity index (χ4v) is 3.22. The van der Waals surface area contributed by atoms with E-state index in [4.69, 9.17) is 4.74 Å². The minimum absolute atomic E-state index is 0.0812. The summed E-state index contributed by atoms with van der Waals surface area (Å²) in [5.74, 6) is 1.66. The van der Waals surface area contributed by atoms with Crippen LogP contribution in [-0.4, -0.2) is 43.0 Å². The van der Waals surface area contributed by atoms with E-state index < -0.39 is 0 Å². The molecular formula is C21H28N2O3. The summed E-state index contributed by atoms with van der Waals surface area (Å²) >= 11 is 0. The van der Waals surface area contributed by atoms with E-state index in [-0.39, 0.29) is 5.91 Å². The normalized spacial score (nSPS) is 17.7. The van der Waals surface area contributed by atoms with Gasteiger partial charge in [-0.1, -0.05) is 12.6 Å². The maximum Gasteiger partial charge on any atom is 0.251 e. The van der Waals surface area contributed by atoms with E-state index in [1.165, 1.54) is 0 Å². The van der Waals surface area contributed by atoms with E-state index >= 15 is 0 Å². The van der Waals surface area contributed by atoms with E-state index in [0.29, 0.717) is 42.2 Å². The zero-order valence-corrected chi connectivity index (χ0v) is 15.5. The molecule has 2 fully saturated rings. The molecule has 5 nitrogen and oxygen atoms in total. The Labute approximate surface area is 155 Å². The highest BCUT2D eigenvalue weighted by molar-refractivity contribution is 5.94. The van der Waals surface area contributed by atoms with Crippen molar-refractivity contribution in [2.75, 3.05) is 26.2 Å². The third-order valence-electron chi connectivity index (χ3n) is 4.99. The Morgan fingerprint density at radius 3 is 2.62 bits per heavy atom. The predicted octanol–water partition coefficient (Wildman–Crippen LogP) is 3.02. The number of likely N-dealkylation sites (tertiary alicyclic amines) is 1. The lowest BCUT2D eigenvalue weighted by atomic mass is 9.96. The second-order valence-electron chi connectivity index (χ2n) is 7.53. The van der Waals surface area contributed by atoms with Crippen molar-refractivity contribution in [1.82, 2.24) is 10.2 Å². The standard InChI is InChI=1S/C21H28N2O3/c1-15(2)14-26-19-5-3-4-18(12-19)20(24)22-13-16-8-10-23(11-9-16)21(25)17-6-7-17/h3-5,12,16-17H,1,6-11,13-14H2,2H3,(H,22,24). The lowest BCUT2D eigenvalue weighted by Gasteiger charge is -2.32. The topological polar surface area (TPSA) is 58.6 Å². The third kappa shape index (κ3) is 5.10. The molecule has 1 saturated heterocycles. The number of ether oxygens (including phenoxy) is 1. The van der Waals surface area contributed by atoms with E-state index in [2.05, 4.69) is 11.9 Å². The van der Waals surface area contributed by atoms with Crippen LogP contribution in [0.25, 0.3) is 0 Å². The lowest BCUT2D eigenvalue weighted by Crippen LogP contribution is -2.42. The van der Waals surface area contributed by atoms with Gasteiger partial charge in [0.1, 0.15) is 12.4 Å². The van der Waals surface area contributed by atoms with Crippen molar-refractivity contribution in [2.45, 2.75) is 32.6 Å². The average molecular weight is 356 g/mol. The summed E-state index contributed by atoms with van der Waals surface area (Å²) in [4.78, 5) is 26.5.